The van der Waals surface area contributed by atoms with Crippen LogP contribution >= 0.6 is 11.3 Å². The summed E-state index contributed by atoms with van der Waals surface area (Å²) >= 11 is 1.31. The standard InChI is InChI=1S/C13H13F2N3S/c14-8-1-4-11(15)10(7-8)13-18-17-12(19-13)5-6-16-9-2-3-9/h1,4,7,9,16H,2-3,5-6H2. The maximum Gasteiger partial charge on any atom is 0.150 e. The third-order valence-electron chi connectivity index (χ3n) is 2.97. The zero-order chi connectivity index (χ0) is 13.2. The molecule has 1 aliphatic carbocycles. The van der Waals surface area contributed by atoms with Crippen LogP contribution < -0.4 is 5.32 Å². The molecule has 3 rings (SSSR count). The van der Waals surface area contributed by atoms with Crippen LogP contribution in [0.4, 0.5) is 8.78 Å². The highest BCUT2D eigenvalue weighted by molar-refractivity contribution is 7.14. The van der Waals surface area contributed by atoms with Crippen molar-refractivity contribution in [1.82, 2.24) is 15.5 Å². The lowest BCUT2D eigenvalue weighted by Crippen LogP contribution is -2.19. The first-order valence-corrected chi connectivity index (χ1v) is 7.05. The van der Waals surface area contributed by atoms with Crippen molar-refractivity contribution in [3.8, 4) is 10.6 Å². The van der Waals surface area contributed by atoms with Gasteiger partial charge in [0.1, 0.15) is 16.6 Å². The van der Waals surface area contributed by atoms with Gasteiger partial charge in [-0.25, -0.2) is 8.78 Å². The molecular weight excluding hydrogens is 268 g/mol. The van der Waals surface area contributed by atoms with E-state index in [-0.39, 0.29) is 5.56 Å². The van der Waals surface area contributed by atoms with Gasteiger partial charge in [-0.15, -0.1) is 10.2 Å². The first-order chi connectivity index (χ1) is 9.22. The Morgan fingerprint density at radius 1 is 1.26 bits per heavy atom. The van der Waals surface area contributed by atoms with E-state index in [4.69, 9.17) is 0 Å². The molecule has 3 nitrogen and oxygen atoms in total. The molecule has 0 amide bonds. The number of hydrogen-bond donors (Lipinski definition) is 1. The fourth-order valence-corrected chi connectivity index (χ4v) is 2.65. The van der Waals surface area contributed by atoms with Crippen LogP contribution in [0.15, 0.2) is 18.2 Å². The molecule has 0 unspecified atom stereocenters. The van der Waals surface area contributed by atoms with Gasteiger partial charge in [0.05, 0.1) is 5.56 Å². The molecule has 100 valence electrons. The van der Waals surface area contributed by atoms with Crippen LogP contribution in [0.25, 0.3) is 10.6 Å². The van der Waals surface area contributed by atoms with E-state index in [2.05, 4.69) is 15.5 Å². The fraction of sp³-hybridized carbons (Fsp3) is 0.385. The van der Waals surface area contributed by atoms with Crippen LogP contribution in [-0.4, -0.2) is 22.8 Å². The van der Waals surface area contributed by atoms with Gasteiger partial charge >= 0.3 is 0 Å². The van der Waals surface area contributed by atoms with Gasteiger partial charge < -0.3 is 5.32 Å². The van der Waals surface area contributed by atoms with Crippen LogP contribution in [0.2, 0.25) is 0 Å². The zero-order valence-corrected chi connectivity index (χ0v) is 11.0. The minimum Gasteiger partial charge on any atom is -0.314 e. The molecule has 1 aromatic carbocycles. The maximum atomic E-state index is 13.6. The number of hydrogen-bond acceptors (Lipinski definition) is 4. The second-order valence-corrected chi connectivity index (χ2v) is 5.67. The van der Waals surface area contributed by atoms with Crippen molar-refractivity contribution >= 4 is 11.3 Å². The van der Waals surface area contributed by atoms with Gasteiger partial charge in [-0.1, -0.05) is 11.3 Å². The summed E-state index contributed by atoms with van der Waals surface area (Å²) in [4.78, 5) is 0. The van der Waals surface area contributed by atoms with E-state index in [1.807, 2.05) is 0 Å². The molecule has 1 aromatic heterocycles. The highest BCUT2D eigenvalue weighted by atomic mass is 32.1. The Kier molecular flexibility index (Phi) is 3.52. The van der Waals surface area contributed by atoms with Gasteiger partial charge in [-0.2, -0.15) is 0 Å². The molecule has 6 heteroatoms. The average Bonchev–Trinajstić information content (AvgIpc) is 3.10. The van der Waals surface area contributed by atoms with E-state index in [9.17, 15) is 8.78 Å². The predicted octanol–water partition coefficient (Wildman–Crippen LogP) is 2.78. The Morgan fingerprint density at radius 2 is 2.11 bits per heavy atom. The Bertz CT molecular complexity index is 581. The van der Waals surface area contributed by atoms with Crippen LogP contribution in [0.3, 0.4) is 0 Å². The van der Waals surface area contributed by atoms with E-state index in [0.29, 0.717) is 11.0 Å². The van der Waals surface area contributed by atoms with E-state index in [1.165, 1.54) is 24.2 Å². The first kappa shape index (κ1) is 12.6. The van der Waals surface area contributed by atoms with Gasteiger partial charge in [0.25, 0.3) is 0 Å². The molecule has 1 aliphatic rings. The molecule has 2 aromatic rings. The Morgan fingerprint density at radius 3 is 2.89 bits per heavy atom. The Balaban J connectivity index is 1.70. The van der Waals surface area contributed by atoms with Crippen LogP contribution in [0, 0.1) is 11.6 Å². The summed E-state index contributed by atoms with van der Waals surface area (Å²) in [7, 11) is 0. The van der Waals surface area contributed by atoms with Crippen molar-refractivity contribution in [3.05, 3.63) is 34.8 Å². The second kappa shape index (κ2) is 5.30. The summed E-state index contributed by atoms with van der Waals surface area (Å²) in [6.45, 7) is 0.852. The van der Waals surface area contributed by atoms with Gasteiger partial charge in [0.2, 0.25) is 0 Å². The van der Waals surface area contributed by atoms with Crippen LogP contribution in [0.1, 0.15) is 17.8 Å². The number of benzene rings is 1. The lowest BCUT2D eigenvalue weighted by atomic mass is 10.2. The summed E-state index contributed by atoms with van der Waals surface area (Å²) in [5, 5.41) is 12.6. The van der Waals surface area contributed by atoms with E-state index >= 15 is 0 Å². The minimum atomic E-state index is -0.472. The van der Waals surface area contributed by atoms with Crippen molar-refractivity contribution in [2.24, 2.45) is 0 Å². The van der Waals surface area contributed by atoms with Crippen molar-refractivity contribution in [3.63, 3.8) is 0 Å². The topological polar surface area (TPSA) is 37.8 Å². The number of halogens is 2. The first-order valence-electron chi connectivity index (χ1n) is 6.23. The van der Waals surface area contributed by atoms with E-state index in [1.54, 1.807) is 0 Å². The number of rotatable bonds is 5. The summed E-state index contributed by atoms with van der Waals surface area (Å²) in [5.74, 6) is -0.941. The average molecular weight is 281 g/mol. The van der Waals surface area contributed by atoms with Crippen molar-refractivity contribution in [2.75, 3.05) is 6.54 Å². The number of nitrogens with zero attached hydrogens (tertiary/aromatic N) is 2. The largest absolute Gasteiger partial charge is 0.314 e. The summed E-state index contributed by atoms with van der Waals surface area (Å²) in [6, 6.07) is 4.02. The molecule has 0 saturated heterocycles. The predicted molar refractivity (Wildman–Crippen MR) is 70.0 cm³/mol. The van der Waals surface area contributed by atoms with Crippen LogP contribution in [-0.2, 0) is 6.42 Å². The molecule has 0 aliphatic heterocycles. The fourth-order valence-electron chi connectivity index (χ4n) is 1.80. The normalized spacial score (nSPS) is 14.8. The highest BCUT2D eigenvalue weighted by Gasteiger charge is 2.20. The summed E-state index contributed by atoms with van der Waals surface area (Å²) in [5.41, 5.74) is 0.180. The van der Waals surface area contributed by atoms with Crippen molar-refractivity contribution in [2.45, 2.75) is 25.3 Å². The quantitative estimate of drug-likeness (QED) is 0.915. The molecule has 19 heavy (non-hydrogen) atoms. The molecule has 0 atom stereocenters. The SMILES string of the molecule is Fc1ccc(F)c(-c2nnc(CCNC3CC3)s2)c1. The second-order valence-electron chi connectivity index (χ2n) is 4.60. The van der Waals surface area contributed by atoms with Gasteiger partial charge in [-0.3, -0.25) is 0 Å². The number of nitrogens with one attached hydrogen (secondary N) is 1. The van der Waals surface area contributed by atoms with Gasteiger partial charge in [-0.05, 0) is 31.0 Å². The molecule has 1 N–H and O–H groups in total. The molecule has 1 saturated carbocycles. The molecule has 0 spiro atoms. The maximum absolute atomic E-state index is 13.6. The molecule has 1 heterocycles. The minimum absolute atomic E-state index is 0.180. The van der Waals surface area contributed by atoms with E-state index in [0.717, 1.165) is 36.2 Å². The monoisotopic (exact) mass is 281 g/mol. The van der Waals surface area contributed by atoms with Gasteiger partial charge in [0, 0.05) is 19.0 Å². The number of aromatic nitrogens is 2. The summed E-state index contributed by atoms with van der Waals surface area (Å²) < 4.78 is 26.7. The molecule has 1 fully saturated rings. The smallest absolute Gasteiger partial charge is 0.150 e. The zero-order valence-electron chi connectivity index (χ0n) is 10.2. The van der Waals surface area contributed by atoms with E-state index < -0.39 is 11.6 Å². The third kappa shape index (κ3) is 3.13. The Labute approximate surface area is 113 Å². The summed E-state index contributed by atoms with van der Waals surface area (Å²) in [6.07, 6.45) is 3.26. The molecule has 0 radical (unpaired) electrons. The lowest BCUT2D eigenvalue weighted by Gasteiger charge is -1.98. The molecule has 0 bridgehead atoms. The highest BCUT2D eigenvalue weighted by Crippen LogP contribution is 2.27. The molecular formula is C13H13F2N3S. The van der Waals surface area contributed by atoms with Crippen molar-refractivity contribution < 1.29 is 8.78 Å². The Hall–Kier alpha value is -1.40. The van der Waals surface area contributed by atoms with Crippen LogP contribution in [0.5, 0.6) is 0 Å². The van der Waals surface area contributed by atoms with Gasteiger partial charge in [0.15, 0.2) is 5.01 Å². The third-order valence-corrected chi connectivity index (χ3v) is 3.99. The van der Waals surface area contributed by atoms with Crippen molar-refractivity contribution in [1.29, 1.82) is 0 Å². The lowest BCUT2D eigenvalue weighted by molar-refractivity contribution is 0.603.